The summed E-state index contributed by atoms with van der Waals surface area (Å²) in [5, 5.41) is 0. The van der Waals surface area contributed by atoms with Crippen molar-refractivity contribution < 1.29 is 4.43 Å². The molecule has 0 aliphatic heterocycles. The topological polar surface area (TPSA) is 9.23 Å². The molecule has 0 N–H and O–H groups in total. The third-order valence-corrected chi connectivity index (χ3v) is 3.24. The SMILES string of the molecule is CCCCCCCCCCCCO[Si]C. The first-order chi connectivity index (χ1) is 7.41. The first-order valence-electron chi connectivity index (χ1n) is 6.70. The molecule has 0 unspecified atom stereocenters. The minimum Gasteiger partial charge on any atom is -0.418 e. The summed E-state index contributed by atoms with van der Waals surface area (Å²) in [6.45, 7) is 5.35. The van der Waals surface area contributed by atoms with E-state index in [4.69, 9.17) is 4.43 Å². The van der Waals surface area contributed by atoms with E-state index >= 15 is 0 Å². The molecule has 0 atom stereocenters. The molecule has 2 radical (unpaired) electrons. The molecule has 0 heterocycles. The molecule has 0 aromatic rings. The van der Waals surface area contributed by atoms with E-state index in [0.29, 0.717) is 9.76 Å². The van der Waals surface area contributed by atoms with E-state index < -0.39 is 0 Å². The fourth-order valence-electron chi connectivity index (χ4n) is 1.76. The van der Waals surface area contributed by atoms with Crippen LogP contribution >= 0.6 is 0 Å². The average Bonchev–Trinajstić information content (AvgIpc) is 2.26. The quantitative estimate of drug-likeness (QED) is 0.351. The van der Waals surface area contributed by atoms with Crippen LogP contribution in [0.5, 0.6) is 0 Å². The Kier molecular flexibility index (Phi) is 14.3. The Bertz CT molecular complexity index is 94.7. The Morgan fingerprint density at radius 2 is 1.20 bits per heavy atom. The van der Waals surface area contributed by atoms with Gasteiger partial charge in [-0.1, -0.05) is 64.7 Å². The van der Waals surface area contributed by atoms with Crippen molar-refractivity contribution in [2.24, 2.45) is 0 Å². The lowest BCUT2D eigenvalue weighted by atomic mass is 10.1. The Labute approximate surface area is 98.9 Å². The van der Waals surface area contributed by atoms with Crippen LogP contribution in [0.2, 0.25) is 6.55 Å². The summed E-state index contributed by atoms with van der Waals surface area (Å²) in [6, 6.07) is 0. The van der Waals surface area contributed by atoms with E-state index in [1.165, 1.54) is 64.2 Å². The Morgan fingerprint density at radius 1 is 0.733 bits per heavy atom. The minimum atomic E-state index is 0.670. The molecule has 2 heteroatoms. The normalized spacial score (nSPS) is 10.8. The maximum Gasteiger partial charge on any atom is 0.226 e. The van der Waals surface area contributed by atoms with Crippen LogP contribution in [-0.2, 0) is 4.43 Å². The Morgan fingerprint density at radius 3 is 1.67 bits per heavy atom. The van der Waals surface area contributed by atoms with Gasteiger partial charge in [-0.05, 0) is 13.0 Å². The number of hydrogen-bond donors (Lipinski definition) is 0. The highest BCUT2D eigenvalue weighted by Crippen LogP contribution is 2.10. The molecule has 90 valence electrons. The van der Waals surface area contributed by atoms with Crippen LogP contribution in [0.25, 0.3) is 0 Å². The first-order valence-corrected chi connectivity index (χ1v) is 8.11. The van der Waals surface area contributed by atoms with Crippen molar-refractivity contribution in [2.45, 2.75) is 77.7 Å². The van der Waals surface area contributed by atoms with Crippen LogP contribution in [0.15, 0.2) is 0 Å². The molecular formula is C13H28OSi. The van der Waals surface area contributed by atoms with Gasteiger partial charge in [-0.15, -0.1) is 0 Å². The summed E-state index contributed by atoms with van der Waals surface area (Å²) in [4.78, 5) is 0. The molecule has 0 fully saturated rings. The van der Waals surface area contributed by atoms with E-state index in [1.807, 2.05) is 0 Å². The fourth-order valence-corrected chi connectivity index (χ4v) is 2.11. The second-order valence-electron chi connectivity index (χ2n) is 4.23. The molecule has 0 aromatic carbocycles. The molecule has 0 rings (SSSR count). The van der Waals surface area contributed by atoms with Crippen molar-refractivity contribution in [1.29, 1.82) is 0 Å². The second kappa shape index (κ2) is 14.2. The zero-order valence-corrected chi connectivity index (χ0v) is 11.7. The lowest BCUT2D eigenvalue weighted by Crippen LogP contribution is -1.95. The summed E-state index contributed by atoms with van der Waals surface area (Å²) in [5.41, 5.74) is 0. The monoisotopic (exact) mass is 228 g/mol. The van der Waals surface area contributed by atoms with Gasteiger partial charge in [0, 0.05) is 6.61 Å². The molecule has 0 saturated heterocycles. The average molecular weight is 228 g/mol. The lowest BCUT2D eigenvalue weighted by molar-refractivity contribution is 0.323. The van der Waals surface area contributed by atoms with E-state index in [1.54, 1.807) is 0 Å². The van der Waals surface area contributed by atoms with Gasteiger partial charge >= 0.3 is 0 Å². The molecule has 0 spiro atoms. The predicted octanol–water partition coefficient (Wildman–Crippen LogP) is 4.59. The van der Waals surface area contributed by atoms with Crippen molar-refractivity contribution >= 4 is 9.76 Å². The van der Waals surface area contributed by atoms with Crippen molar-refractivity contribution in [3.05, 3.63) is 0 Å². The predicted molar refractivity (Wildman–Crippen MR) is 69.4 cm³/mol. The Balaban J connectivity index is 2.81. The highest BCUT2D eigenvalue weighted by atomic mass is 28.2. The van der Waals surface area contributed by atoms with Crippen molar-refractivity contribution in [3.63, 3.8) is 0 Å². The standard InChI is InChI=1S/C13H28OSi/c1-3-4-5-6-7-8-9-10-11-12-13-14-15-2/h3-13H2,1-2H3. The smallest absolute Gasteiger partial charge is 0.226 e. The largest absolute Gasteiger partial charge is 0.418 e. The minimum absolute atomic E-state index is 0.670. The number of rotatable bonds is 12. The van der Waals surface area contributed by atoms with Gasteiger partial charge in [0.1, 0.15) is 0 Å². The van der Waals surface area contributed by atoms with Crippen LogP contribution in [0.4, 0.5) is 0 Å². The summed E-state index contributed by atoms with van der Waals surface area (Å²) in [6.07, 6.45) is 14.0. The lowest BCUT2D eigenvalue weighted by Gasteiger charge is -2.02. The van der Waals surface area contributed by atoms with Gasteiger partial charge in [-0.25, -0.2) is 0 Å². The first kappa shape index (κ1) is 15.2. The van der Waals surface area contributed by atoms with E-state index in [0.717, 1.165) is 6.61 Å². The zero-order chi connectivity index (χ0) is 11.2. The fraction of sp³-hybridized carbons (Fsp3) is 1.00. The van der Waals surface area contributed by atoms with Crippen LogP contribution in [0.1, 0.15) is 71.1 Å². The van der Waals surface area contributed by atoms with Gasteiger partial charge in [-0.2, -0.15) is 0 Å². The number of unbranched alkanes of at least 4 members (excludes halogenated alkanes) is 9. The second-order valence-corrected chi connectivity index (χ2v) is 4.93. The van der Waals surface area contributed by atoms with Gasteiger partial charge in [-0.3, -0.25) is 0 Å². The summed E-state index contributed by atoms with van der Waals surface area (Å²) in [7, 11) is 0.670. The van der Waals surface area contributed by atoms with Gasteiger partial charge < -0.3 is 4.43 Å². The third-order valence-electron chi connectivity index (χ3n) is 2.74. The van der Waals surface area contributed by atoms with Crippen molar-refractivity contribution in [2.75, 3.05) is 6.61 Å². The molecule has 0 aliphatic rings. The molecule has 0 amide bonds. The molecular weight excluding hydrogens is 200 g/mol. The highest BCUT2D eigenvalue weighted by Gasteiger charge is 1.92. The van der Waals surface area contributed by atoms with Crippen LogP contribution in [0, 0.1) is 0 Å². The third kappa shape index (κ3) is 14.2. The maximum atomic E-state index is 5.33. The van der Waals surface area contributed by atoms with Crippen LogP contribution in [0.3, 0.4) is 0 Å². The molecule has 1 nitrogen and oxygen atoms in total. The van der Waals surface area contributed by atoms with E-state index in [-0.39, 0.29) is 0 Å². The summed E-state index contributed by atoms with van der Waals surface area (Å²) >= 11 is 0. The summed E-state index contributed by atoms with van der Waals surface area (Å²) in [5.74, 6) is 0. The number of hydrogen-bond acceptors (Lipinski definition) is 1. The van der Waals surface area contributed by atoms with Gasteiger partial charge in [0.15, 0.2) is 0 Å². The maximum absolute atomic E-state index is 5.33. The van der Waals surface area contributed by atoms with E-state index in [2.05, 4.69) is 13.5 Å². The molecule has 0 bridgehead atoms. The highest BCUT2D eigenvalue weighted by molar-refractivity contribution is 6.24. The van der Waals surface area contributed by atoms with Gasteiger partial charge in [0.05, 0.1) is 0 Å². The van der Waals surface area contributed by atoms with E-state index in [9.17, 15) is 0 Å². The van der Waals surface area contributed by atoms with Crippen molar-refractivity contribution in [3.8, 4) is 0 Å². The molecule has 0 aromatic heterocycles. The van der Waals surface area contributed by atoms with Crippen molar-refractivity contribution in [1.82, 2.24) is 0 Å². The zero-order valence-electron chi connectivity index (χ0n) is 10.7. The summed E-state index contributed by atoms with van der Waals surface area (Å²) < 4.78 is 5.33. The van der Waals surface area contributed by atoms with Gasteiger partial charge in [0.25, 0.3) is 0 Å². The Hall–Kier alpha value is 0.177. The van der Waals surface area contributed by atoms with Crippen LogP contribution in [-0.4, -0.2) is 16.4 Å². The molecule has 0 saturated carbocycles. The van der Waals surface area contributed by atoms with Crippen LogP contribution < -0.4 is 0 Å². The molecule has 15 heavy (non-hydrogen) atoms. The van der Waals surface area contributed by atoms with Gasteiger partial charge in [0.2, 0.25) is 9.76 Å². The molecule has 0 aliphatic carbocycles.